The average molecular weight is 551 g/mol. The maximum Gasteiger partial charge on any atom is 0.410 e. The minimum atomic E-state index is -0.554. The molecule has 200 valence electrons. The number of hydrogen-bond donors (Lipinski definition) is 1. The summed E-state index contributed by atoms with van der Waals surface area (Å²) in [5.41, 5.74) is 10.4. The maximum absolute atomic E-state index is 12.7. The van der Waals surface area contributed by atoms with E-state index in [1.807, 2.05) is 50.9 Å². The molecule has 2 aromatic heterocycles. The Kier molecular flexibility index (Phi) is 9.00. The molecule has 1 aliphatic carbocycles. The van der Waals surface area contributed by atoms with Gasteiger partial charge in [0.05, 0.1) is 23.5 Å². The molecular weight excluding hydrogens is 516 g/mol. The highest BCUT2D eigenvalue weighted by atomic mass is 32.2. The van der Waals surface area contributed by atoms with Crippen molar-refractivity contribution in [1.29, 1.82) is 5.26 Å². The number of nitriles is 1. The second kappa shape index (κ2) is 12.2. The fourth-order valence-electron chi connectivity index (χ4n) is 4.23. The lowest BCUT2D eigenvalue weighted by atomic mass is 9.99. The molecule has 2 aromatic rings. The first-order valence-corrected chi connectivity index (χ1v) is 14.8. The van der Waals surface area contributed by atoms with Crippen molar-refractivity contribution >= 4 is 35.3 Å². The topological polar surface area (TPSA) is 117 Å². The number of fused-ring (bicyclic) bond motifs is 1. The number of pyridine rings is 2. The van der Waals surface area contributed by atoms with E-state index >= 15 is 0 Å². The Balaban J connectivity index is 1.68. The molecule has 1 amide bonds. The molecule has 10 heteroatoms. The molecule has 0 bridgehead atoms. The molecule has 0 radical (unpaired) electrons. The first-order valence-electron chi connectivity index (χ1n) is 12.7. The van der Waals surface area contributed by atoms with Gasteiger partial charge >= 0.3 is 6.09 Å². The van der Waals surface area contributed by atoms with Crippen LogP contribution in [0.15, 0.2) is 40.6 Å². The number of rotatable bonds is 7. The summed E-state index contributed by atoms with van der Waals surface area (Å²) in [5.74, 6) is 0. The molecule has 0 aromatic carbocycles. The lowest BCUT2D eigenvalue weighted by Gasteiger charge is -2.31. The highest BCUT2D eigenvalue weighted by Crippen LogP contribution is 2.37. The second-order valence-corrected chi connectivity index (χ2v) is 12.9. The van der Waals surface area contributed by atoms with E-state index in [1.165, 1.54) is 25.5 Å². The Bertz CT molecular complexity index is 1290. The van der Waals surface area contributed by atoms with Crippen LogP contribution in [-0.2, 0) is 17.7 Å². The third-order valence-electron chi connectivity index (χ3n) is 6.41. The number of aromatic nitrogens is 2. The summed E-state index contributed by atoms with van der Waals surface area (Å²) in [5, 5.41) is 12.3. The van der Waals surface area contributed by atoms with Crippen LogP contribution in [0.1, 0.15) is 62.4 Å². The van der Waals surface area contributed by atoms with Crippen LogP contribution < -0.4 is 5.73 Å². The summed E-state index contributed by atoms with van der Waals surface area (Å²) in [6, 6.07) is 6.26. The second-order valence-electron chi connectivity index (χ2n) is 10.3. The number of allylic oxidation sites excluding steroid dienone is 1. The number of ether oxygens (including phenoxy) is 1. The summed E-state index contributed by atoms with van der Waals surface area (Å²) < 4.78 is 5.58. The molecule has 0 saturated heterocycles. The average Bonchev–Trinajstić information content (AvgIpc) is 2.86. The number of hydrogen-bond acceptors (Lipinski definition) is 9. The Morgan fingerprint density at radius 1 is 1.37 bits per heavy atom. The first kappa shape index (κ1) is 28.0. The third-order valence-corrected chi connectivity index (χ3v) is 8.94. The van der Waals surface area contributed by atoms with Gasteiger partial charge in [-0.1, -0.05) is 18.2 Å². The van der Waals surface area contributed by atoms with Crippen molar-refractivity contribution in [3.8, 4) is 17.3 Å². The van der Waals surface area contributed by atoms with Crippen LogP contribution in [-0.4, -0.2) is 56.2 Å². The summed E-state index contributed by atoms with van der Waals surface area (Å²) in [4.78, 5) is 28.4. The zero-order valence-corrected chi connectivity index (χ0v) is 24.0. The number of amides is 1. The summed E-state index contributed by atoms with van der Waals surface area (Å²) in [6.45, 7) is 6.58. The zero-order chi connectivity index (χ0) is 27.3. The van der Waals surface area contributed by atoms with Gasteiger partial charge in [0.1, 0.15) is 16.7 Å². The molecule has 1 aliphatic heterocycles. The molecule has 2 N–H and O–H groups in total. The number of carbonyl (C=O) groups excluding carboxylic acids is 1. The van der Waals surface area contributed by atoms with Gasteiger partial charge in [-0.3, -0.25) is 9.98 Å². The predicted octanol–water partition coefficient (Wildman–Crippen LogP) is 5.54. The Hall–Kier alpha value is -3.03. The Morgan fingerprint density at radius 2 is 2.16 bits per heavy atom. The van der Waals surface area contributed by atoms with E-state index in [-0.39, 0.29) is 6.09 Å². The molecule has 0 spiro atoms. The standard InChI is InChI=1S/C28H34N6O2S2/c1-28(2,3)36-27(35)34-11-9-23-19(16-34)12-18(15-32-23)25-13-21(24(31-4)8-10-29)22(14-30)26(33-25)38-17-37-20-6-5-7-20/h8,10,12-13,15,20H,5-7,9,11,16-17,29H2,1-4H3. The van der Waals surface area contributed by atoms with Gasteiger partial charge in [-0.25, -0.2) is 9.78 Å². The fraction of sp³-hybridized carbons (Fsp3) is 0.464. The Labute approximate surface area is 233 Å². The fourth-order valence-corrected chi connectivity index (χ4v) is 6.85. The minimum Gasteiger partial charge on any atom is -0.444 e. The van der Waals surface area contributed by atoms with Crippen LogP contribution in [0.4, 0.5) is 4.79 Å². The molecule has 2 aliphatic rings. The number of aliphatic imine (C=N–C) groups is 1. The maximum atomic E-state index is 12.7. The van der Waals surface area contributed by atoms with Crippen molar-refractivity contribution in [3.63, 3.8) is 0 Å². The van der Waals surface area contributed by atoms with Gasteiger partial charge in [-0.2, -0.15) is 5.26 Å². The monoisotopic (exact) mass is 550 g/mol. The number of thioether (sulfide) groups is 2. The largest absolute Gasteiger partial charge is 0.444 e. The summed E-state index contributed by atoms with van der Waals surface area (Å²) >= 11 is 3.51. The highest BCUT2D eigenvalue weighted by molar-refractivity contribution is 8.16. The summed E-state index contributed by atoms with van der Waals surface area (Å²) in [7, 11) is 1.68. The predicted molar refractivity (Wildman–Crippen MR) is 154 cm³/mol. The molecule has 0 atom stereocenters. The minimum absolute atomic E-state index is 0.327. The number of nitrogens with zero attached hydrogens (tertiary/aromatic N) is 5. The van der Waals surface area contributed by atoms with Gasteiger partial charge in [0.2, 0.25) is 0 Å². The van der Waals surface area contributed by atoms with E-state index in [9.17, 15) is 10.1 Å². The normalized spacial score (nSPS) is 16.2. The third kappa shape index (κ3) is 6.69. The number of nitrogens with two attached hydrogens (primary N) is 1. The molecular formula is C28H34N6O2S2. The summed E-state index contributed by atoms with van der Waals surface area (Å²) in [6.07, 6.45) is 9.08. The molecule has 1 saturated carbocycles. The van der Waals surface area contributed by atoms with Crippen LogP contribution in [0.2, 0.25) is 0 Å². The van der Waals surface area contributed by atoms with E-state index in [1.54, 1.807) is 29.8 Å². The van der Waals surface area contributed by atoms with Crippen molar-refractivity contribution in [1.82, 2.24) is 14.9 Å². The van der Waals surface area contributed by atoms with E-state index in [4.69, 9.17) is 20.4 Å². The SMILES string of the molecule is CN=C(C=CN)c1cc(-c2cnc3c(c2)CN(C(=O)OC(C)(C)C)CC3)nc(SCSC2CCC2)c1C#N. The lowest BCUT2D eigenvalue weighted by Crippen LogP contribution is -2.40. The van der Waals surface area contributed by atoms with E-state index < -0.39 is 5.60 Å². The molecule has 8 nitrogen and oxygen atoms in total. The number of carbonyl (C=O) groups is 1. The van der Waals surface area contributed by atoms with Crippen molar-refractivity contribution in [3.05, 3.63) is 53.0 Å². The van der Waals surface area contributed by atoms with Crippen LogP contribution in [0, 0.1) is 11.3 Å². The van der Waals surface area contributed by atoms with E-state index in [0.29, 0.717) is 52.3 Å². The van der Waals surface area contributed by atoms with Crippen LogP contribution >= 0.6 is 23.5 Å². The Morgan fingerprint density at radius 3 is 2.79 bits per heavy atom. The van der Waals surface area contributed by atoms with Crippen LogP contribution in [0.3, 0.4) is 0 Å². The molecule has 3 heterocycles. The van der Waals surface area contributed by atoms with Crippen molar-refractivity contribution in [2.75, 3.05) is 18.7 Å². The van der Waals surface area contributed by atoms with Gasteiger partial charge in [-0.15, -0.1) is 11.8 Å². The lowest BCUT2D eigenvalue weighted by molar-refractivity contribution is 0.0223. The molecule has 4 rings (SSSR count). The van der Waals surface area contributed by atoms with Crippen molar-refractivity contribution in [2.24, 2.45) is 10.7 Å². The van der Waals surface area contributed by atoms with E-state index in [0.717, 1.165) is 21.9 Å². The molecule has 0 unspecified atom stereocenters. The quantitative estimate of drug-likeness (QED) is 0.271. The van der Waals surface area contributed by atoms with Crippen LogP contribution in [0.5, 0.6) is 0 Å². The van der Waals surface area contributed by atoms with Gasteiger partial charge < -0.3 is 15.4 Å². The van der Waals surface area contributed by atoms with Crippen molar-refractivity contribution < 1.29 is 9.53 Å². The highest BCUT2D eigenvalue weighted by Gasteiger charge is 2.27. The van der Waals surface area contributed by atoms with Crippen molar-refractivity contribution in [2.45, 2.75) is 68.9 Å². The van der Waals surface area contributed by atoms with Gasteiger partial charge in [-0.05, 0) is 63.6 Å². The van der Waals surface area contributed by atoms with Gasteiger partial charge in [0.25, 0.3) is 0 Å². The van der Waals surface area contributed by atoms with Gasteiger partial charge in [0.15, 0.2) is 0 Å². The zero-order valence-electron chi connectivity index (χ0n) is 22.4. The van der Waals surface area contributed by atoms with Crippen LogP contribution in [0.25, 0.3) is 11.3 Å². The molecule has 38 heavy (non-hydrogen) atoms. The van der Waals surface area contributed by atoms with Gasteiger partial charge in [0, 0.05) is 53.4 Å². The first-order chi connectivity index (χ1) is 18.2. The smallest absolute Gasteiger partial charge is 0.410 e. The van der Waals surface area contributed by atoms with E-state index in [2.05, 4.69) is 11.1 Å². The molecule has 1 fully saturated rings.